The molecular formula is C17H29NO2. The maximum atomic E-state index is 11.5. The van der Waals surface area contributed by atoms with Gasteiger partial charge in [0.15, 0.2) is 0 Å². The van der Waals surface area contributed by atoms with Gasteiger partial charge in [-0.1, -0.05) is 19.8 Å². The van der Waals surface area contributed by atoms with E-state index in [4.69, 9.17) is 0 Å². The fraction of sp³-hybridized carbons (Fsp3) is 0.941. The molecule has 3 nitrogen and oxygen atoms in total. The summed E-state index contributed by atoms with van der Waals surface area (Å²) in [4.78, 5) is 14.1. The van der Waals surface area contributed by atoms with Crippen LogP contribution in [0.1, 0.15) is 64.7 Å². The number of hydrogen-bond donors (Lipinski definition) is 1. The molecule has 2 atom stereocenters. The molecule has 0 spiro atoms. The van der Waals surface area contributed by atoms with Gasteiger partial charge in [-0.2, -0.15) is 0 Å². The van der Waals surface area contributed by atoms with Crippen molar-refractivity contribution in [3.63, 3.8) is 0 Å². The third-order valence-corrected chi connectivity index (χ3v) is 6.38. The van der Waals surface area contributed by atoms with Crippen molar-refractivity contribution in [3.8, 4) is 0 Å². The number of carboxylic acid groups (broad SMARTS) is 1. The molecule has 0 bridgehead atoms. The summed E-state index contributed by atoms with van der Waals surface area (Å²) in [6.45, 7) is 4.04. The van der Waals surface area contributed by atoms with E-state index >= 15 is 0 Å². The van der Waals surface area contributed by atoms with Crippen molar-refractivity contribution < 1.29 is 9.90 Å². The number of piperidine rings is 1. The molecule has 2 unspecified atom stereocenters. The van der Waals surface area contributed by atoms with Crippen LogP contribution in [0.3, 0.4) is 0 Å². The van der Waals surface area contributed by atoms with Crippen molar-refractivity contribution in [2.75, 3.05) is 13.1 Å². The summed E-state index contributed by atoms with van der Waals surface area (Å²) in [5, 5.41) is 9.49. The molecule has 2 aliphatic carbocycles. The summed E-state index contributed by atoms with van der Waals surface area (Å²) in [7, 11) is 0. The van der Waals surface area contributed by atoms with E-state index in [2.05, 4.69) is 4.90 Å². The second-order valence-corrected chi connectivity index (χ2v) is 7.39. The van der Waals surface area contributed by atoms with Crippen LogP contribution in [0.4, 0.5) is 0 Å². The second kappa shape index (κ2) is 5.67. The Bertz CT molecular complexity index is 356. The fourth-order valence-corrected chi connectivity index (χ4v) is 4.56. The summed E-state index contributed by atoms with van der Waals surface area (Å²) in [6, 6.07) is 0.748. The van der Waals surface area contributed by atoms with E-state index in [1.165, 1.54) is 38.5 Å². The molecule has 2 saturated carbocycles. The van der Waals surface area contributed by atoms with Crippen molar-refractivity contribution >= 4 is 5.97 Å². The highest BCUT2D eigenvalue weighted by Gasteiger charge is 2.42. The van der Waals surface area contributed by atoms with E-state index in [9.17, 15) is 9.90 Å². The summed E-state index contributed by atoms with van der Waals surface area (Å²) in [5.74, 6) is 1.45. The number of aliphatic carboxylic acids is 1. The molecule has 0 aromatic heterocycles. The molecule has 0 radical (unpaired) electrons. The molecule has 1 heterocycles. The van der Waals surface area contributed by atoms with Crippen molar-refractivity contribution in [1.29, 1.82) is 0 Å². The molecule has 0 aromatic carbocycles. The maximum Gasteiger partial charge on any atom is 0.309 e. The highest BCUT2D eigenvalue weighted by atomic mass is 16.4. The van der Waals surface area contributed by atoms with Gasteiger partial charge in [0, 0.05) is 6.04 Å². The minimum atomic E-state index is -0.570. The predicted molar refractivity (Wildman–Crippen MR) is 79.6 cm³/mol. The first-order valence-corrected chi connectivity index (χ1v) is 8.62. The van der Waals surface area contributed by atoms with Crippen LogP contribution in [0.15, 0.2) is 0 Å². The third-order valence-electron chi connectivity index (χ3n) is 6.38. The molecular weight excluding hydrogens is 250 g/mol. The van der Waals surface area contributed by atoms with Gasteiger partial charge in [-0.05, 0) is 69.9 Å². The van der Waals surface area contributed by atoms with Gasteiger partial charge < -0.3 is 10.0 Å². The van der Waals surface area contributed by atoms with Gasteiger partial charge in [-0.25, -0.2) is 0 Å². The van der Waals surface area contributed by atoms with Crippen molar-refractivity contribution in [2.24, 2.45) is 17.3 Å². The summed E-state index contributed by atoms with van der Waals surface area (Å²) >= 11 is 0. The van der Waals surface area contributed by atoms with Crippen LogP contribution >= 0.6 is 0 Å². The van der Waals surface area contributed by atoms with Gasteiger partial charge >= 0.3 is 5.97 Å². The monoisotopic (exact) mass is 279 g/mol. The van der Waals surface area contributed by atoms with Gasteiger partial charge in [-0.3, -0.25) is 4.79 Å². The van der Waals surface area contributed by atoms with Gasteiger partial charge in [0.2, 0.25) is 0 Å². The van der Waals surface area contributed by atoms with E-state index in [1.807, 2.05) is 6.92 Å². The highest BCUT2D eigenvalue weighted by molar-refractivity contribution is 5.74. The van der Waals surface area contributed by atoms with E-state index in [1.54, 1.807) is 0 Å². The summed E-state index contributed by atoms with van der Waals surface area (Å²) in [6.07, 6.45) is 11.0. The molecule has 114 valence electrons. The SMILES string of the molecule is CCC1(C(=O)O)CCN(C2CCCC(C3CC3)C2)CC1. The molecule has 1 saturated heterocycles. The Labute approximate surface area is 122 Å². The van der Waals surface area contributed by atoms with E-state index in [0.29, 0.717) is 0 Å². The van der Waals surface area contributed by atoms with Gasteiger partial charge in [0.1, 0.15) is 0 Å². The van der Waals surface area contributed by atoms with Crippen LogP contribution in [0.25, 0.3) is 0 Å². The molecule has 20 heavy (non-hydrogen) atoms. The Balaban J connectivity index is 1.56. The van der Waals surface area contributed by atoms with Crippen LogP contribution in [0, 0.1) is 17.3 Å². The number of carbonyl (C=O) groups is 1. The number of nitrogens with zero attached hydrogens (tertiary/aromatic N) is 1. The van der Waals surface area contributed by atoms with Crippen LogP contribution in [0.5, 0.6) is 0 Å². The molecule has 3 aliphatic rings. The Morgan fingerprint density at radius 1 is 1.15 bits per heavy atom. The molecule has 1 N–H and O–H groups in total. The first-order valence-electron chi connectivity index (χ1n) is 8.62. The lowest BCUT2D eigenvalue weighted by Crippen LogP contribution is -2.49. The van der Waals surface area contributed by atoms with Gasteiger partial charge in [0.05, 0.1) is 5.41 Å². The Hall–Kier alpha value is -0.570. The molecule has 0 amide bonds. The summed E-state index contributed by atoms with van der Waals surface area (Å²) < 4.78 is 0. The smallest absolute Gasteiger partial charge is 0.309 e. The van der Waals surface area contributed by atoms with Crippen LogP contribution in [-0.2, 0) is 4.79 Å². The normalized spacial score (nSPS) is 34.9. The largest absolute Gasteiger partial charge is 0.481 e. The Kier molecular flexibility index (Phi) is 4.07. The van der Waals surface area contributed by atoms with E-state index in [-0.39, 0.29) is 0 Å². The number of carboxylic acids is 1. The van der Waals surface area contributed by atoms with Crippen molar-refractivity contribution in [3.05, 3.63) is 0 Å². The molecule has 3 heteroatoms. The quantitative estimate of drug-likeness (QED) is 0.856. The molecule has 0 aromatic rings. The van der Waals surface area contributed by atoms with Gasteiger partial charge in [0.25, 0.3) is 0 Å². The maximum absolute atomic E-state index is 11.5. The summed E-state index contributed by atoms with van der Waals surface area (Å²) in [5.41, 5.74) is -0.430. The number of likely N-dealkylation sites (tertiary alicyclic amines) is 1. The van der Waals surface area contributed by atoms with E-state index < -0.39 is 11.4 Å². The zero-order valence-electron chi connectivity index (χ0n) is 12.8. The lowest BCUT2D eigenvalue weighted by Gasteiger charge is -2.44. The first kappa shape index (κ1) is 14.4. The molecule has 3 rings (SSSR count). The van der Waals surface area contributed by atoms with Crippen molar-refractivity contribution in [2.45, 2.75) is 70.8 Å². The number of hydrogen-bond acceptors (Lipinski definition) is 2. The first-order chi connectivity index (χ1) is 9.64. The number of rotatable bonds is 4. The lowest BCUT2D eigenvalue weighted by atomic mass is 9.75. The van der Waals surface area contributed by atoms with Gasteiger partial charge in [-0.15, -0.1) is 0 Å². The standard InChI is InChI=1S/C17H29NO2/c1-2-17(16(19)20)8-10-18(11-9-17)15-5-3-4-14(12-15)13-6-7-13/h13-15H,2-12H2,1H3,(H,19,20). The minimum absolute atomic E-state index is 0.430. The van der Waals surface area contributed by atoms with Crippen LogP contribution in [0.2, 0.25) is 0 Å². The predicted octanol–water partition coefficient (Wildman–Crippen LogP) is 3.53. The molecule has 1 aliphatic heterocycles. The zero-order chi connectivity index (χ0) is 14.2. The second-order valence-electron chi connectivity index (χ2n) is 7.39. The average molecular weight is 279 g/mol. The lowest BCUT2D eigenvalue weighted by molar-refractivity contribution is -0.153. The Morgan fingerprint density at radius 3 is 2.40 bits per heavy atom. The fourth-order valence-electron chi connectivity index (χ4n) is 4.56. The topological polar surface area (TPSA) is 40.5 Å². The molecule has 3 fully saturated rings. The van der Waals surface area contributed by atoms with Crippen LogP contribution in [-0.4, -0.2) is 35.1 Å². The van der Waals surface area contributed by atoms with Crippen LogP contribution < -0.4 is 0 Å². The average Bonchev–Trinajstić information content (AvgIpc) is 3.32. The Morgan fingerprint density at radius 2 is 1.85 bits per heavy atom. The highest BCUT2D eigenvalue weighted by Crippen LogP contribution is 2.45. The van der Waals surface area contributed by atoms with Crippen molar-refractivity contribution in [1.82, 2.24) is 4.90 Å². The van der Waals surface area contributed by atoms with E-state index in [0.717, 1.165) is 50.2 Å². The zero-order valence-corrected chi connectivity index (χ0v) is 12.8. The third kappa shape index (κ3) is 2.74. The minimum Gasteiger partial charge on any atom is -0.481 e.